The largest absolute Gasteiger partial charge is 0.465 e. The van der Waals surface area contributed by atoms with Gasteiger partial charge in [-0.25, -0.2) is 0 Å². The van der Waals surface area contributed by atoms with Crippen LogP contribution >= 0.6 is 0 Å². The summed E-state index contributed by atoms with van der Waals surface area (Å²) in [6.07, 6.45) is 13.9. The van der Waals surface area contributed by atoms with Crippen LogP contribution in [0.4, 0.5) is 0 Å². The summed E-state index contributed by atoms with van der Waals surface area (Å²) < 4.78 is 5.73. The maximum Gasteiger partial charge on any atom is 0.312 e. The van der Waals surface area contributed by atoms with E-state index in [1.807, 2.05) is 0 Å². The van der Waals surface area contributed by atoms with E-state index in [9.17, 15) is 4.79 Å². The molecule has 3 rings (SSSR count). The predicted molar refractivity (Wildman–Crippen MR) is 108 cm³/mol. The lowest BCUT2D eigenvalue weighted by Crippen LogP contribution is -2.53. The molecule has 2 nitrogen and oxygen atoms in total. The summed E-state index contributed by atoms with van der Waals surface area (Å²) in [7, 11) is 0. The third-order valence-corrected chi connectivity index (χ3v) is 7.78. The molecule has 1 saturated carbocycles. The monoisotopic (exact) mass is 358 g/mol. The molecule has 0 unspecified atom stereocenters. The Morgan fingerprint density at radius 2 is 2.08 bits per heavy atom. The van der Waals surface area contributed by atoms with Crippen LogP contribution in [0.2, 0.25) is 0 Å². The maximum absolute atomic E-state index is 13.0. The average Bonchev–Trinajstić information content (AvgIpc) is 2.61. The molecule has 0 aromatic carbocycles. The van der Waals surface area contributed by atoms with Crippen molar-refractivity contribution < 1.29 is 9.53 Å². The van der Waals surface area contributed by atoms with Crippen molar-refractivity contribution in [2.24, 2.45) is 28.6 Å². The van der Waals surface area contributed by atoms with E-state index < -0.39 is 0 Å². The Balaban J connectivity index is 1.87. The zero-order valence-corrected chi connectivity index (χ0v) is 17.6. The molecule has 146 valence electrons. The molecule has 4 atom stereocenters. The lowest BCUT2D eigenvalue weighted by Gasteiger charge is -2.57. The van der Waals surface area contributed by atoms with Gasteiger partial charge in [0.05, 0.1) is 12.0 Å². The summed E-state index contributed by atoms with van der Waals surface area (Å²) in [6, 6.07) is 0. The number of ether oxygens (including phenoxy) is 1. The van der Waals surface area contributed by atoms with Crippen molar-refractivity contribution in [3.05, 3.63) is 23.3 Å². The van der Waals surface area contributed by atoms with E-state index >= 15 is 0 Å². The molecule has 0 aromatic rings. The van der Waals surface area contributed by atoms with Crippen LogP contribution in [0, 0.1) is 28.6 Å². The van der Waals surface area contributed by atoms with Gasteiger partial charge in [0, 0.05) is 0 Å². The molecule has 3 aliphatic rings. The molecular formula is C24H38O2. The van der Waals surface area contributed by atoms with Crippen LogP contribution in [0.3, 0.4) is 0 Å². The zero-order valence-electron chi connectivity index (χ0n) is 17.6. The fourth-order valence-corrected chi connectivity index (χ4v) is 6.06. The second kappa shape index (κ2) is 7.52. The van der Waals surface area contributed by atoms with Gasteiger partial charge in [0.25, 0.3) is 0 Å². The highest BCUT2D eigenvalue weighted by molar-refractivity contribution is 5.77. The Hall–Kier alpha value is -1.05. The SMILES string of the molecule is CCCCOC(=O)[C@]1(C)CCC[C@@]2(C)[C@H]1CC=C1C=C(C(C)C)CC[C@@H]12. The predicted octanol–water partition coefficient (Wildman–Crippen LogP) is 6.46. The summed E-state index contributed by atoms with van der Waals surface area (Å²) in [5.41, 5.74) is 3.08. The molecule has 0 N–H and O–H groups in total. The van der Waals surface area contributed by atoms with E-state index in [4.69, 9.17) is 4.74 Å². The molecule has 1 fully saturated rings. The Kier molecular flexibility index (Phi) is 5.70. The van der Waals surface area contributed by atoms with Crippen LogP contribution in [0.1, 0.15) is 86.0 Å². The lowest BCUT2D eigenvalue weighted by atomic mass is 9.47. The Labute approximate surface area is 160 Å². The fourth-order valence-electron chi connectivity index (χ4n) is 6.06. The first-order valence-corrected chi connectivity index (χ1v) is 10.9. The van der Waals surface area contributed by atoms with Crippen LogP contribution < -0.4 is 0 Å². The second-order valence-electron chi connectivity index (χ2n) is 9.72. The number of fused-ring (bicyclic) bond motifs is 3. The molecule has 0 saturated heterocycles. The molecule has 0 spiro atoms. The van der Waals surface area contributed by atoms with Gasteiger partial charge in [-0.1, -0.05) is 58.3 Å². The highest BCUT2D eigenvalue weighted by atomic mass is 16.5. The van der Waals surface area contributed by atoms with Gasteiger partial charge >= 0.3 is 5.97 Å². The van der Waals surface area contributed by atoms with E-state index in [0.29, 0.717) is 24.4 Å². The van der Waals surface area contributed by atoms with Crippen molar-refractivity contribution >= 4 is 5.97 Å². The number of allylic oxidation sites excluding steroid dienone is 4. The van der Waals surface area contributed by atoms with Crippen LogP contribution in [0.25, 0.3) is 0 Å². The number of hydrogen-bond donors (Lipinski definition) is 0. The van der Waals surface area contributed by atoms with E-state index in [1.165, 1.54) is 19.3 Å². The molecular weight excluding hydrogens is 320 g/mol. The van der Waals surface area contributed by atoms with Gasteiger partial charge < -0.3 is 4.74 Å². The third-order valence-electron chi connectivity index (χ3n) is 7.78. The minimum absolute atomic E-state index is 0.0629. The molecule has 0 heterocycles. The molecule has 0 amide bonds. The van der Waals surface area contributed by atoms with Gasteiger partial charge in [0.2, 0.25) is 0 Å². The highest BCUT2D eigenvalue weighted by Crippen LogP contribution is 2.62. The first-order chi connectivity index (χ1) is 12.3. The van der Waals surface area contributed by atoms with Crippen molar-refractivity contribution in [3.63, 3.8) is 0 Å². The van der Waals surface area contributed by atoms with Crippen LogP contribution in [0.15, 0.2) is 23.3 Å². The number of carbonyl (C=O) groups is 1. The van der Waals surface area contributed by atoms with Crippen molar-refractivity contribution in [2.75, 3.05) is 6.61 Å². The van der Waals surface area contributed by atoms with Gasteiger partial charge in [-0.3, -0.25) is 4.79 Å². The summed E-state index contributed by atoms with van der Waals surface area (Å²) in [5, 5.41) is 0. The molecule has 3 aliphatic carbocycles. The summed E-state index contributed by atoms with van der Waals surface area (Å²) in [5.74, 6) is 1.74. The Bertz CT molecular complexity index is 599. The van der Waals surface area contributed by atoms with E-state index in [1.54, 1.807) is 11.1 Å². The number of carbonyl (C=O) groups excluding carboxylic acids is 1. The number of rotatable bonds is 5. The smallest absolute Gasteiger partial charge is 0.312 e. The van der Waals surface area contributed by atoms with Gasteiger partial charge in [0.1, 0.15) is 0 Å². The normalized spacial score (nSPS) is 36.7. The second-order valence-corrected chi connectivity index (χ2v) is 9.72. The average molecular weight is 359 g/mol. The quantitative estimate of drug-likeness (QED) is 0.416. The van der Waals surface area contributed by atoms with E-state index in [2.05, 4.69) is 46.8 Å². The minimum atomic E-state index is -0.315. The minimum Gasteiger partial charge on any atom is -0.465 e. The molecule has 0 aromatic heterocycles. The molecule has 2 heteroatoms. The van der Waals surface area contributed by atoms with Crippen LogP contribution in [-0.4, -0.2) is 12.6 Å². The van der Waals surface area contributed by atoms with Crippen molar-refractivity contribution in [1.29, 1.82) is 0 Å². The Morgan fingerprint density at radius 3 is 2.77 bits per heavy atom. The van der Waals surface area contributed by atoms with Crippen molar-refractivity contribution in [2.45, 2.75) is 86.0 Å². The Morgan fingerprint density at radius 1 is 1.31 bits per heavy atom. The van der Waals surface area contributed by atoms with Gasteiger partial charge in [-0.15, -0.1) is 0 Å². The molecule has 26 heavy (non-hydrogen) atoms. The van der Waals surface area contributed by atoms with Crippen molar-refractivity contribution in [1.82, 2.24) is 0 Å². The van der Waals surface area contributed by atoms with E-state index in [-0.39, 0.29) is 16.8 Å². The molecule has 0 aliphatic heterocycles. The first-order valence-electron chi connectivity index (χ1n) is 10.9. The number of unbranched alkanes of at least 4 members (excludes halogenated alkanes) is 1. The first kappa shape index (κ1) is 19.7. The van der Waals surface area contributed by atoms with Crippen LogP contribution in [0.5, 0.6) is 0 Å². The summed E-state index contributed by atoms with van der Waals surface area (Å²) in [6.45, 7) is 12.0. The standard InChI is InChI=1S/C24H38O2/c1-6-7-15-26-22(25)24(5)14-8-13-23(4)20-11-9-18(17(2)3)16-19(20)10-12-21(23)24/h10,16-17,20-21H,6-9,11-15H2,1-5H3/t20-,21+,23+,24+/m0/s1. The summed E-state index contributed by atoms with van der Waals surface area (Å²) >= 11 is 0. The highest BCUT2D eigenvalue weighted by Gasteiger charge is 2.57. The van der Waals surface area contributed by atoms with Gasteiger partial charge in [-0.2, -0.15) is 0 Å². The van der Waals surface area contributed by atoms with Crippen molar-refractivity contribution in [3.8, 4) is 0 Å². The summed E-state index contributed by atoms with van der Waals surface area (Å²) in [4.78, 5) is 13.0. The lowest BCUT2D eigenvalue weighted by molar-refractivity contribution is -0.169. The topological polar surface area (TPSA) is 26.3 Å². The fraction of sp³-hybridized carbons (Fsp3) is 0.792. The van der Waals surface area contributed by atoms with Gasteiger partial charge in [-0.05, 0) is 74.2 Å². The maximum atomic E-state index is 13.0. The third kappa shape index (κ3) is 3.29. The van der Waals surface area contributed by atoms with Gasteiger partial charge in [0.15, 0.2) is 0 Å². The zero-order chi connectivity index (χ0) is 18.9. The van der Waals surface area contributed by atoms with Crippen LogP contribution in [-0.2, 0) is 9.53 Å². The molecule has 0 bridgehead atoms. The number of esters is 1. The molecule has 0 radical (unpaired) electrons. The number of hydrogen-bond acceptors (Lipinski definition) is 2. The van der Waals surface area contributed by atoms with E-state index in [0.717, 1.165) is 32.1 Å².